The van der Waals surface area contributed by atoms with Crippen molar-refractivity contribution < 1.29 is 9.29 Å². The highest BCUT2D eigenvalue weighted by molar-refractivity contribution is 7.18. The van der Waals surface area contributed by atoms with Crippen LogP contribution in [0.4, 0.5) is 4.39 Å². The Bertz CT molecular complexity index is 961. The first-order chi connectivity index (χ1) is 12.1. The van der Waals surface area contributed by atoms with Crippen LogP contribution in [0.25, 0.3) is 10.2 Å². The summed E-state index contributed by atoms with van der Waals surface area (Å²) in [7, 11) is 2.05. The largest absolute Gasteiger partial charge is 0.327 e. The van der Waals surface area contributed by atoms with Crippen LogP contribution in [-0.2, 0) is 25.9 Å². The number of hydrogen-bond donors (Lipinski definition) is 2. The smallest absolute Gasteiger partial charge is 0.260 e. The number of rotatable bonds is 4. The van der Waals surface area contributed by atoms with Crippen LogP contribution in [0.1, 0.15) is 34.7 Å². The van der Waals surface area contributed by atoms with Gasteiger partial charge in [-0.15, -0.1) is 11.3 Å². The van der Waals surface area contributed by atoms with Crippen molar-refractivity contribution in [3.05, 3.63) is 62.3 Å². The topological polar surface area (TPSA) is 50.2 Å². The number of nitrogens with zero attached hydrogens (tertiary/aromatic N) is 1. The highest BCUT2D eigenvalue weighted by Gasteiger charge is 2.20. The minimum Gasteiger partial charge on any atom is -0.327 e. The number of H-pyrrole nitrogens is 1. The Hall–Kier alpha value is -2.05. The normalized spacial score (nSPS) is 15.3. The van der Waals surface area contributed by atoms with Crippen LogP contribution in [0.3, 0.4) is 0 Å². The van der Waals surface area contributed by atoms with E-state index in [1.807, 2.05) is 7.05 Å². The summed E-state index contributed by atoms with van der Waals surface area (Å²) < 4.78 is 13.0. The van der Waals surface area contributed by atoms with Crippen molar-refractivity contribution in [3.63, 3.8) is 0 Å². The predicted octanol–water partition coefficient (Wildman–Crippen LogP) is 2.22. The first kappa shape index (κ1) is 16.4. The number of aromatic amines is 1. The van der Waals surface area contributed by atoms with E-state index in [0.29, 0.717) is 6.54 Å². The number of nitrogens with one attached hydrogen (secondary N) is 2. The number of aryl methyl sites for hydroxylation is 2. The molecular formula is C19H21FN3OS+. The van der Waals surface area contributed by atoms with Gasteiger partial charge in [-0.2, -0.15) is 0 Å². The van der Waals surface area contributed by atoms with E-state index in [9.17, 15) is 9.18 Å². The molecule has 25 heavy (non-hydrogen) atoms. The van der Waals surface area contributed by atoms with Gasteiger partial charge in [0.1, 0.15) is 23.7 Å². The molecule has 0 aliphatic heterocycles. The molecule has 1 aliphatic rings. The van der Waals surface area contributed by atoms with Crippen LogP contribution in [0.2, 0.25) is 0 Å². The van der Waals surface area contributed by atoms with Crippen LogP contribution in [0.5, 0.6) is 0 Å². The Morgan fingerprint density at radius 3 is 2.76 bits per heavy atom. The number of benzene rings is 1. The van der Waals surface area contributed by atoms with Gasteiger partial charge < -0.3 is 9.88 Å². The summed E-state index contributed by atoms with van der Waals surface area (Å²) in [5.41, 5.74) is 2.28. The van der Waals surface area contributed by atoms with Gasteiger partial charge in [0.15, 0.2) is 5.82 Å². The molecule has 2 aromatic heterocycles. The van der Waals surface area contributed by atoms with Gasteiger partial charge in [0.2, 0.25) is 0 Å². The van der Waals surface area contributed by atoms with Crippen LogP contribution >= 0.6 is 11.3 Å². The second-order valence-electron chi connectivity index (χ2n) is 6.84. The molecule has 1 aliphatic carbocycles. The van der Waals surface area contributed by atoms with Crippen LogP contribution in [0, 0.1) is 5.82 Å². The molecule has 0 spiro atoms. The van der Waals surface area contributed by atoms with Crippen molar-refractivity contribution in [2.24, 2.45) is 0 Å². The maximum Gasteiger partial charge on any atom is 0.260 e. The summed E-state index contributed by atoms with van der Waals surface area (Å²) in [4.78, 5) is 23.7. The summed E-state index contributed by atoms with van der Waals surface area (Å²) in [5, 5.41) is 0.805. The lowest BCUT2D eigenvalue weighted by Crippen LogP contribution is -3.06. The number of hydrogen-bond acceptors (Lipinski definition) is 3. The lowest BCUT2D eigenvalue weighted by atomic mass is 9.97. The second kappa shape index (κ2) is 6.69. The van der Waals surface area contributed by atoms with Gasteiger partial charge in [-0.05, 0) is 43.4 Å². The first-order valence-electron chi connectivity index (χ1n) is 8.69. The lowest BCUT2D eigenvalue weighted by Gasteiger charge is -2.13. The highest BCUT2D eigenvalue weighted by Crippen LogP contribution is 2.33. The average Bonchev–Trinajstić information content (AvgIpc) is 2.95. The zero-order chi connectivity index (χ0) is 17.4. The van der Waals surface area contributed by atoms with Crippen molar-refractivity contribution in [3.8, 4) is 0 Å². The Morgan fingerprint density at radius 2 is 1.96 bits per heavy atom. The molecule has 2 N–H and O–H groups in total. The van der Waals surface area contributed by atoms with E-state index in [0.717, 1.165) is 47.4 Å². The molecule has 4 rings (SSSR count). The molecule has 0 fully saturated rings. The molecule has 0 radical (unpaired) electrons. The standard InChI is InChI=1S/C19H20FN3OS/c1-23(10-12-6-8-13(20)9-7-12)11-16-21-18(24)17-14-4-2-3-5-15(14)25-19(17)22-16/h6-9H,2-5,10-11H2,1H3,(H,21,22,24)/p+1. The number of fused-ring (bicyclic) bond motifs is 3. The zero-order valence-corrected chi connectivity index (χ0v) is 15.0. The summed E-state index contributed by atoms with van der Waals surface area (Å²) in [5.74, 6) is 0.496. The summed E-state index contributed by atoms with van der Waals surface area (Å²) in [6.45, 7) is 1.38. The minimum absolute atomic E-state index is 0.00557. The summed E-state index contributed by atoms with van der Waals surface area (Å²) in [6, 6.07) is 6.55. The molecule has 1 unspecified atom stereocenters. The quantitative estimate of drug-likeness (QED) is 0.751. The van der Waals surface area contributed by atoms with Crippen molar-refractivity contribution in [1.29, 1.82) is 0 Å². The van der Waals surface area contributed by atoms with E-state index in [4.69, 9.17) is 4.98 Å². The number of thiophene rings is 1. The van der Waals surface area contributed by atoms with Crippen molar-refractivity contribution in [2.45, 2.75) is 38.8 Å². The SMILES string of the molecule is C[NH+](Cc1ccc(F)cc1)Cc1nc2sc3c(c2c(=O)[nH]1)CCCC3. The molecular weight excluding hydrogens is 337 g/mol. The zero-order valence-electron chi connectivity index (χ0n) is 14.2. The van der Waals surface area contributed by atoms with Gasteiger partial charge in [-0.1, -0.05) is 12.1 Å². The number of halogens is 1. The lowest BCUT2D eigenvalue weighted by molar-refractivity contribution is -0.908. The first-order valence-corrected chi connectivity index (χ1v) is 9.51. The molecule has 0 amide bonds. The highest BCUT2D eigenvalue weighted by atomic mass is 32.1. The fraction of sp³-hybridized carbons (Fsp3) is 0.368. The maximum atomic E-state index is 13.0. The summed E-state index contributed by atoms with van der Waals surface area (Å²) in [6.07, 6.45) is 4.43. The fourth-order valence-corrected chi connectivity index (χ4v) is 4.87. The molecule has 4 nitrogen and oxygen atoms in total. The van der Waals surface area contributed by atoms with Crippen molar-refractivity contribution >= 4 is 21.6 Å². The molecule has 6 heteroatoms. The van der Waals surface area contributed by atoms with Crippen LogP contribution in [0.15, 0.2) is 29.1 Å². The van der Waals surface area contributed by atoms with Crippen LogP contribution < -0.4 is 10.5 Å². The van der Waals surface area contributed by atoms with Gasteiger partial charge in [0, 0.05) is 10.4 Å². The van der Waals surface area contributed by atoms with Crippen molar-refractivity contribution in [1.82, 2.24) is 9.97 Å². The molecule has 130 valence electrons. The van der Waals surface area contributed by atoms with E-state index in [2.05, 4.69) is 4.98 Å². The second-order valence-corrected chi connectivity index (χ2v) is 7.92. The number of aromatic nitrogens is 2. The Balaban J connectivity index is 1.57. The van der Waals surface area contributed by atoms with E-state index >= 15 is 0 Å². The minimum atomic E-state index is -0.223. The monoisotopic (exact) mass is 358 g/mol. The fourth-order valence-electron chi connectivity index (χ4n) is 3.59. The molecule has 1 aromatic carbocycles. The third-order valence-electron chi connectivity index (χ3n) is 4.76. The van der Waals surface area contributed by atoms with E-state index in [1.165, 1.54) is 33.9 Å². The third kappa shape index (κ3) is 3.37. The number of quaternary nitrogens is 1. The van der Waals surface area contributed by atoms with Gasteiger partial charge in [0.05, 0.1) is 12.4 Å². The van der Waals surface area contributed by atoms with E-state index < -0.39 is 0 Å². The van der Waals surface area contributed by atoms with Gasteiger partial charge >= 0.3 is 0 Å². The molecule has 1 atom stereocenters. The van der Waals surface area contributed by atoms with Gasteiger partial charge in [0.25, 0.3) is 5.56 Å². The molecule has 0 saturated heterocycles. The average molecular weight is 358 g/mol. The van der Waals surface area contributed by atoms with E-state index in [-0.39, 0.29) is 11.4 Å². The molecule has 2 heterocycles. The Kier molecular flexibility index (Phi) is 4.39. The van der Waals surface area contributed by atoms with Gasteiger partial charge in [-0.25, -0.2) is 9.37 Å². The Morgan fingerprint density at radius 1 is 1.20 bits per heavy atom. The molecule has 3 aromatic rings. The molecule has 0 saturated carbocycles. The predicted molar refractivity (Wildman–Crippen MR) is 97.6 cm³/mol. The third-order valence-corrected chi connectivity index (χ3v) is 5.95. The molecule has 0 bridgehead atoms. The van der Waals surface area contributed by atoms with Crippen LogP contribution in [-0.4, -0.2) is 17.0 Å². The van der Waals surface area contributed by atoms with Gasteiger partial charge in [-0.3, -0.25) is 4.79 Å². The summed E-state index contributed by atoms with van der Waals surface area (Å²) >= 11 is 1.68. The van der Waals surface area contributed by atoms with E-state index in [1.54, 1.807) is 23.5 Å². The van der Waals surface area contributed by atoms with Crippen molar-refractivity contribution in [2.75, 3.05) is 7.05 Å². The maximum absolute atomic E-state index is 13.0. The Labute approximate surface area is 149 Å².